The molecule has 1 aromatic carbocycles. The Morgan fingerprint density at radius 2 is 1.76 bits per heavy atom. The third-order valence-electron chi connectivity index (χ3n) is 3.38. The Hall–Kier alpha value is -1.93. The topological polar surface area (TPSA) is 95.0 Å². The van der Waals surface area contributed by atoms with Gasteiger partial charge in [-0.1, -0.05) is 30.3 Å². The summed E-state index contributed by atoms with van der Waals surface area (Å²) in [7, 11) is -2.77. The third kappa shape index (κ3) is 3.59. The summed E-state index contributed by atoms with van der Waals surface area (Å²) in [6.45, 7) is -0.245. The molecule has 0 bridgehead atoms. The second-order valence-corrected chi connectivity index (χ2v) is 6.42. The Morgan fingerprint density at radius 1 is 1.14 bits per heavy atom. The summed E-state index contributed by atoms with van der Waals surface area (Å²) in [5, 5.41) is 2.17. The van der Waals surface area contributed by atoms with Gasteiger partial charge in [0.2, 0.25) is 0 Å². The van der Waals surface area contributed by atoms with Crippen LogP contribution >= 0.6 is 0 Å². The van der Waals surface area contributed by atoms with Gasteiger partial charge < -0.3 is 0 Å². The Kier molecular flexibility index (Phi) is 4.29. The number of amides is 2. The highest BCUT2D eigenvalue weighted by molar-refractivity contribution is 7.85. The van der Waals surface area contributed by atoms with E-state index in [4.69, 9.17) is 4.55 Å². The number of hydrogen-bond acceptors (Lipinski definition) is 4. The summed E-state index contributed by atoms with van der Waals surface area (Å²) in [6.07, 6.45) is 0.269. The van der Waals surface area contributed by atoms with Gasteiger partial charge in [-0.2, -0.15) is 8.42 Å². The van der Waals surface area contributed by atoms with Crippen LogP contribution in [-0.4, -0.2) is 54.1 Å². The van der Waals surface area contributed by atoms with Crippen molar-refractivity contribution in [3.63, 3.8) is 0 Å². The molecule has 1 N–H and O–H groups in total. The Labute approximate surface area is 122 Å². The molecule has 0 radical (unpaired) electrons. The molecule has 0 spiro atoms. The average molecular weight is 312 g/mol. The first kappa shape index (κ1) is 15.5. The summed E-state index contributed by atoms with van der Waals surface area (Å²) in [5.74, 6) is -2.28. The molecule has 1 unspecified atom stereocenters. The van der Waals surface area contributed by atoms with Gasteiger partial charge in [-0.15, -0.1) is 0 Å². The quantitative estimate of drug-likeness (QED) is 0.607. The van der Waals surface area contributed by atoms with Crippen LogP contribution < -0.4 is 0 Å². The molecule has 7 nitrogen and oxygen atoms in total. The number of rotatable bonds is 5. The first-order chi connectivity index (χ1) is 9.79. The zero-order valence-corrected chi connectivity index (χ0v) is 12.3. The van der Waals surface area contributed by atoms with E-state index in [2.05, 4.69) is 0 Å². The summed E-state index contributed by atoms with van der Waals surface area (Å²) in [5.41, 5.74) is 0.856. The van der Waals surface area contributed by atoms with Gasteiger partial charge in [0.1, 0.15) is 5.92 Å². The van der Waals surface area contributed by atoms with Crippen molar-refractivity contribution < 1.29 is 22.6 Å². The lowest BCUT2D eigenvalue weighted by atomic mass is 9.99. The van der Waals surface area contributed by atoms with Crippen LogP contribution in [0.4, 0.5) is 0 Å². The molecule has 0 aliphatic carbocycles. The lowest BCUT2D eigenvalue weighted by Crippen LogP contribution is -2.40. The summed E-state index contributed by atoms with van der Waals surface area (Å²) in [6, 6.07) is 9.12. The van der Waals surface area contributed by atoms with Crippen molar-refractivity contribution in [1.29, 1.82) is 0 Å². The molecule has 1 aliphatic rings. The van der Waals surface area contributed by atoms with Crippen LogP contribution in [0.15, 0.2) is 30.3 Å². The Balaban J connectivity index is 2.11. The van der Waals surface area contributed by atoms with Crippen molar-refractivity contribution in [2.24, 2.45) is 5.92 Å². The van der Waals surface area contributed by atoms with Crippen molar-refractivity contribution in [1.82, 2.24) is 10.0 Å². The van der Waals surface area contributed by atoms with E-state index in [1.165, 1.54) is 7.05 Å². The van der Waals surface area contributed by atoms with E-state index in [1.54, 1.807) is 0 Å². The standard InChI is InChI=1S/C13H16N2O5S/c1-14-12(16)11(9-10-5-3-2-4-6-10)13(17)15(14)7-8-21(18,19)20/h2-6,11H,7-9H2,1H3,(H,18,19,20). The highest BCUT2D eigenvalue weighted by atomic mass is 32.2. The predicted octanol–water partition coefficient (Wildman–Crippen LogP) is -0.0513. The van der Waals surface area contributed by atoms with Gasteiger partial charge in [-0.05, 0) is 12.0 Å². The third-order valence-corrected chi connectivity index (χ3v) is 4.07. The maximum Gasteiger partial charge on any atom is 0.266 e. The minimum absolute atomic E-state index is 0.245. The highest BCUT2D eigenvalue weighted by Gasteiger charge is 2.43. The zero-order valence-electron chi connectivity index (χ0n) is 11.5. The minimum Gasteiger partial charge on any atom is -0.285 e. The van der Waals surface area contributed by atoms with E-state index in [-0.39, 0.29) is 18.9 Å². The highest BCUT2D eigenvalue weighted by Crippen LogP contribution is 2.22. The molecule has 0 aromatic heterocycles. The zero-order chi connectivity index (χ0) is 15.6. The van der Waals surface area contributed by atoms with Crippen LogP contribution in [0.25, 0.3) is 0 Å². The van der Waals surface area contributed by atoms with E-state index >= 15 is 0 Å². The molecule has 0 saturated carbocycles. The van der Waals surface area contributed by atoms with E-state index in [0.717, 1.165) is 15.6 Å². The van der Waals surface area contributed by atoms with Crippen molar-refractivity contribution in [3.8, 4) is 0 Å². The molecule has 21 heavy (non-hydrogen) atoms. The second-order valence-electron chi connectivity index (χ2n) is 4.85. The molecule has 1 aromatic rings. The van der Waals surface area contributed by atoms with Crippen molar-refractivity contribution >= 4 is 21.9 Å². The summed E-state index contributed by atoms with van der Waals surface area (Å²) < 4.78 is 30.3. The van der Waals surface area contributed by atoms with Gasteiger partial charge in [0.25, 0.3) is 21.9 Å². The molecular formula is C13H16N2O5S. The predicted molar refractivity (Wildman–Crippen MR) is 74.5 cm³/mol. The number of carbonyl (C=O) groups excluding carboxylic acids is 2. The first-order valence-electron chi connectivity index (χ1n) is 6.37. The van der Waals surface area contributed by atoms with Crippen LogP contribution in [0.1, 0.15) is 5.56 Å². The SMILES string of the molecule is CN1C(=O)C(Cc2ccccc2)C(=O)N1CCS(=O)(=O)O. The van der Waals surface area contributed by atoms with Gasteiger partial charge in [-0.3, -0.25) is 19.2 Å². The fraction of sp³-hybridized carbons (Fsp3) is 0.385. The molecule has 8 heteroatoms. The van der Waals surface area contributed by atoms with Crippen LogP contribution in [0, 0.1) is 5.92 Å². The lowest BCUT2D eigenvalue weighted by molar-refractivity contribution is -0.143. The summed E-state index contributed by atoms with van der Waals surface area (Å²) in [4.78, 5) is 24.3. The van der Waals surface area contributed by atoms with Crippen LogP contribution in [0.5, 0.6) is 0 Å². The van der Waals surface area contributed by atoms with Crippen LogP contribution in [-0.2, 0) is 26.1 Å². The molecular weight excluding hydrogens is 296 g/mol. The molecule has 1 fully saturated rings. The van der Waals surface area contributed by atoms with Crippen molar-refractivity contribution in [2.75, 3.05) is 19.3 Å². The maximum atomic E-state index is 12.2. The van der Waals surface area contributed by atoms with Crippen molar-refractivity contribution in [2.45, 2.75) is 6.42 Å². The second kappa shape index (κ2) is 5.82. The fourth-order valence-corrected chi connectivity index (χ4v) is 2.67. The van der Waals surface area contributed by atoms with Crippen LogP contribution in [0.2, 0.25) is 0 Å². The first-order valence-corrected chi connectivity index (χ1v) is 7.98. The number of hydrogen-bond donors (Lipinski definition) is 1. The van der Waals surface area contributed by atoms with E-state index in [0.29, 0.717) is 0 Å². The molecule has 1 heterocycles. The lowest BCUT2D eigenvalue weighted by Gasteiger charge is -2.22. The van der Waals surface area contributed by atoms with Gasteiger partial charge in [0.15, 0.2) is 0 Å². The number of nitrogens with zero attached hydrogens (tertiary/aromatic N) is 2. The number of carbonyl (C=O) groups is 2. The largest absolute Gasteiger partial charge is 0.285 e. The van der Waals surface area contributed by atoms with Gasteiger partial charge >= 0.3 is 0 Å². The molecule has 1 aliphatic heterocycles. The normalized spacial score (nSPS) is 19.4. The summed E-state index contributed by atoms with van der Waals surface area (Å²) >= 11 is 0. The fourth-order valence-electron chi connectivity index (χ4n) is 2.26. The van der Waals surface area contributed by atoms with E-state index in [1.807, 2.05) is 30.3 Å². The maximum absolute atomic E-state index is 12.2. The van der Waals surface area contributed by atoms with E-state index < -0.39 is 27.7 Å². The Bertz CT molecular complexity index is 644. The number of hydrazine groups is 1. The smallest absolute Gasteiger partial charge is 0.266 e. The molecule has 114 valence electrons. The number of benzene rings is 1. The van der Waals surface area contributed by atoms with Gasteiger partial charge in [0.05, 0.1) is 12.3 Å². The molecule has 2 amide bonds. The van der Waals surface area contributed by atoms with Crippen LogP contribution in [0.3, 0.4) is 0 Å². The van der Waals surface area contributed by atoms with E-state index in [9.17, 15) is 18.0 Å². The monoisotopic (exact) mass is 312 g/mol. The molecule has 1 saturated heterocycles. The molecule has 2 rings (SSSR count). The average Bonchev–Trinajstić information content (AvgIpc) is 2.61. The Morgan fingerprint density at radius 3 is 2.33 bits per heavy atom. The van der Waals surface area contributed by atoms with Crippen molar-refractivity contribution in [3.05, 3.63) is 35.9 Å². The van der Waals surface area contributed by atoms with Gasteiger partial charge in [-0.25, -0.2) is 5.01 Å². The minimum atomic E-state index is -4.18. The molecule has 1 atom stereocenters. The van der Waals surface area contributed by atoms with Gasteiger partial charge in [0, 0.05) is 7.05 Å².